The van der Waals surface area contributed by atoms with Crippen LogP contribution in [0.1, 0.15) is 25.7 Å². The number of carboxylic acids is 1. The minimum absolute atomic E-state index is 0.117. The first-order valence-electron chi connectivity index (χ1n) is 5.02. The summed E-state index contributed by atoms with van der Waals surface area (Å²) in [6, 6.07) is 1.93. The molecule has 0 unspecified atom stereocenters. The second kappa shape index (κ2) is 5.35. The van der Waals surface area contributed by atoms with Gasteiger partial charge in [-0.25, -0.2) is 0 Å². The molecular weight excluding hydrogens is 196 g/mol. The summed E-state index contributed by atoms with van der Waals surface area (Å²) in [4.78, 5) is 22.1. The molecule has 0 heterocycles. The van der Waals surface area contributed by atoms with Crippen molar-refractivity contribution in [2.24, 2.45) is 11.8 Å². The Kier molecular flexibility index (Phi) is 4.10. The van der Waals surface area contributed by atoms with Crippen LogP contribution in [0, 0.1) is 23.2 Å². The monoisotopic (exact) mass is 210 g/mol. The molecule has 1 aliphatic rings. The Morgan fingerprint density at radius 1 is 1.40 bits per heavy atom. The van der Waals surface area contributed by atoms with Crippen LogP contribution in [0.25, 0.3) is 0 Å². The highest BCUT2D eigenvalue weighted by molar-refractivity contribution is 5.80. The Bertz CT molecular complexity index is 296. The SMILES string of the molecule is N#CCCNC(=O)[C@@H]1CC[C@H](C(=O)O)C1. The van der Waals surface area contributed by atoms with Crippen LogP contribution in [0.4, 0.5) is 0 Å². The van der Waals surface area contributed by atoms with Crippen molar-refractivity contribution in [2.45, 2.75) is 25.7 Å². The van der Waals surface area contributed by atoms with E-state index in [-0.39, 0.29) is 17.7 Å². The van der Waals surface area contributed by atoms with Gasteiger partial charge in [-0.15, -0.1) is 0 Å². The number of hydrogen-bond acceptors (Lipinski definition) is 3. The first kappa shape index (κ1) is 11.5. The van der Waals surface area contributed by atoms with Gasteiger partial charge in [-0.3, -0.25) is 9.59 Å². The Morgan fingerprint density at radius 2 is 2.07 bits per heavy atom. The summed E-state index contributed by atoms with van der Waals surface area (Å²) in [5.41, 5.74) is 0. The van der Waals surface area contributed by atoms with Crippen molar-refractivity contribution in [3.63, 3.8) is 0 Å². The van der Waals surface area contributed by atoms with Crippen LogP contribution in [-0.4, -0.2) is 23.5 Å². The highest BCUT2D eigenvalue weighted by atomic mass is 16.4. The lowest BCUT2D eigenvalue weighted by molar-refractivity contribution is -0.141. The van der Waals surface area contributed by atoms with E-state index < -0.39 is 5.97 Å². The average molecular weight is 210 g/mol. The smallest absolute Gasteiger partial charge is 0.306 e. The molecule has 0 spiro atoms. The number of carbonyl (C=O) groups is 2. The van der Waals surface area contributed by atoms with Gasteiger partial charge in [-0.1, -0.05) is 0 Å². The Labute approximate surface area is 88.1 Å². The quantitative estimate of drug-likeness (QED) is 0.662. The van der Waals surface area contributed by atoms with Gasteiger partial charge in [0.1, 0.15) is 0 Å². The molecule has 1 amide bonds. The molecule has 0 aromatic carbocycles. The van der Waals surface area contributed by atoms with E-state index in [0.29, 0.717) is 32.2 Å². The molecule has 0 aromatic heterocycles. The van der Waals surface area contributed by atoms with Gasteiger partial charge < -0.3 is 10.4 Å². The van der Waals surface area contributed by atoms with Crippen molar-refractivity contribution < 1.29 is 14.7 Å². The molecule has 1 saturated carbocycles. The molecule has 2 atom stereocenters. The summed E-state index contributed by atoms with van der Waals surface area (Å²) in [6.07, 6.45) is 1.93. The number of amides is 1. The summed E-state index contributed by atoms with van der Waals surface area (Å²) in [5.74, 6) is -1.50. The number of carbonyl (C=O) groups excluding carboxylic acids is 1. The number of carboxylic acid groups (broad SMARTS) is 1. The molecule has 0 radical (unpaired) electrons. The maximum atomic E-state index is 11.5. The minimum Gasteiger partial charge on any atom is -0.481 e. The second-order valence-electron chi connectivity index (χ2n) is 3.74. The van der Waals surface area contributed by atoms with E-state index in [4.69, 9.17) is 10.4 Å². The normalized spacial score (nSPS) is 24.5. The number of aliphatic carboxylic acids is 1. The van der Waals surface area contributed by atoms with Crippen LogP contribution >= 0.6 is 0 Å². The zero-order chi connectivity index (χ0) is 11.3. The molecular formula is C10H14N2O3. The molecule has 0 aromatic rings. The predicted octanol–water partition coefficient (Wildman–Crippen LogP) is 0.517. The van der Waals surface area contributed by atoms with E-state index in [1.165, 1.54) is 0 Å². The van der Waals surface area contributed by atoms with Gasteiger partial charge in [-0.05, 0) is 19.3 Å². The van der Waals surface area contributed by atoms with Gasteiger partial charge in [0.15, 0.2) is 0 Å². The van der Waals surface area contributed by atoms with Crippen LogP contribution in [0.15, 0.2) is 0 Å². The number of hydrogen-bond donors (Lipinski definition) is 2. The standard InChI is InChI=1S/C10H14N2O3/c11-4-1-5-12-9(13)7-2-3-8(6-7)10(14)15/h7-8H,1-3,5-6H2,(H,12,13)(H,14,15)/t7-,8+/m1/s1. The fraction of sp³-hybridized carbons (Fsp3) is 0.700. The molecule has 1 fully saturated rings. The van der Waals surface area contributed by atoms with Gasteiger partial charge in [0.25, 0.3) is 0 Å². The molecule has 82 valence electrons. The van der Waals surface area contributed by atoms with Gasteiger partial charge in [0.05, 0.1) is 18.4 Å². The van der Waals surface area contributed by atoms with E-state index in [1.54, 1.807) is 0 Å². The summed E-state index contributed by atoms with van der Waals surface area (Å²) in [7, 11) is 0. The van der Waals surface area contributed by atoms with Crippen LogP contribution in [0.2, 0.25) is 0 Å². The molecule has 1 rings (SSSR count). The number of nitrogens with zero attached hydrogens (tertiary/aromatic N) is 1. The summed E-state index contributed by atoms with van der Waals surface area (Å²) in [5, 5.41) is 19.7. The van der Waals surface area contributed by atoms with Crippen molar-refractivity contribution in [1.82, 2.24) is 5.32 Å². The highest BCUT2D eigenvalue weighted by Gasteiger charge is 2.33. The van der Waals surface area contributed by atoms with E-state index in [9.17, 15) is 9.59 Å². The Morgan fingerprint density at radius 3 is 2.60 bits per heavy atom. The highest BCUT2D eigenvalue weighted by Crippen LogP contribution is 2.30. The zero-order valence-corrected chi connectivity index (χ0v) is 8.40. The summed E-state index contributed by atoms with van der Waals surface area (Å²) < 4.78 is 0. The Balaban J connectivity index is 2.31. The topological polar surface area (TPSA) is 90.2 Å². The van der Waals surface area contributed by atoms with Gasteiger partial charge in [-0.2, -0.15) is 5.26 Å². The number of nitrogens with one attached hydrogen (secondary N) is 1. The number of nitriles is 1. The zero-order valence-electron chi connectivity index (χ0n) is 8.40. The molecule has 15 heavy (non-hydrogen) atoms. The van der Waals surface area contributed by atoms with Crippen molar-refractivity contribution in [3.8, 4) is 6.07 Å². The van der Waals surface area contributed by atoms with Gasteiger partial charge in [0, 0.05) is 12.5 Å². The number of rotatable bonds is 4. The van der Waals surface area contributed by atoms with Crippen molar-refractivity contribution in [3.05, 3.63) is 0 Å². The van der Waals surface area contributed by atoms with E-state index in [2.05, 4.69) is 5.32 Å². The first-order valence-corrected chi connectivity index (χ1v) is 5.02. The minimum atomic E-state index is -0.817. The average Bonchev–Trinajstić information content (AvgIpc) is 2.66. The van der Waals surface area contributed by atoms with E-state index in [1.807, 2.05) is 6.07 Å². The third kappa shape index (κ3) is 3.24. The van der Waals surface area contributed by atoms with Crippen LogP contribution in [-0.2, 0) is 9.59 Å². The van der Waals surface area contributed by atoms with Crippen molar-refractivity contribution in [2.75, 3.05) is 6.54 Å². The second-order valence-corrected chi connectivity index (χ2v) is 3.74. The molecule has 1 aliphatic carbocycles. The van der Waals surface area contributed by atoms with Crippen LogP contribution in [0.5, 0.6) is 0 Å². The Hall–Kier alpha value is -1.57. The molecule has 5 nitrogen and oxygen atoms in total. The largest absolute Gasteiger partial charge is 0.481 e. The molecule has 2 N–H and O–H groups in total. The third-order valence-electron chi connectivity index (χ3n) is 2.69. The molecule has 0 bridgehead atoms. The maximum absolute atomic E-state index is 11.5. The van der Waals surface area contributed by atoms with Crippen LogP contribution in [0.3, 0.4) is 0 Å². The third-order valence-corrected chi connectivity index (χ3v) is 2.69. The fourth-order valence-corrected chi connectivity index (χ4v) is 1.83. The molecule has 0 saturated heterocycles. The maximum Gasteiger partial charge on any atom is 0.306 e. The van der Waals surface area contributed by atoms with E-state index >= 15 is 0 Å². The van der Waals surface area contributed by atoms with Crippen LogP contribution < -0.4 is 5.32 Å². The lowest BCUT2D eigenvalue weighted by Gasteiger charge is -2.09. The molecule has 0 aliphatic heterocycles. The van der Waals surface area contributed by atoms with Crippen molar-refractivity contribution >= 4 is 11.9 Å². The van der Waals surface area contributed by atoms with Gasteiger partial charge in [0.2, 0.25) is 5.91 Å². The lowest BCUT2D eigenvalue weighted by atomic mass is 10.0. The fourth-order valence-electron chi connectivity index (χ4n) is 1.83. The van der Waals surface area contributed by atoms with Crippen molar-refractivity contribution in [1.29, 1.82) is 5.26 Å². The lowest BCUT2D eigenvalue weighted by Crippen LogP contribution is -2.30. The van der Waals surface area contributed by atoms with Gasteiger partial charge >= 0.3 is 5.97 Å². The molecule has 5 heteroatoms. The van der Waals surface area contributed by atoms with E-state index in [0.717, 1.165) is 0 Å². The predicted molar refractivity (Wildman–Crippen MR) is 51.7 cm³/mol. The summed E-state index contributed by atoms with van der Waals surface area (Å²) >= 11 is 0. The first-order chi connectivity index (χ1) is 7.15. The summed E-state index contributed by atoms with van der Waals surface area (Å²) in [6.45, 7) is 0.351.